The minimum Gasteiger partial charge on any atom is -0.399 e. The van der Waals surface area contributed by atoms with E-state index < -0.39 is 0 Å². The molecule has 0 aromatic heterocycles. The zero-order chi connectivity index (χ0) is 13.0. The third-order valence-corrected chi connectivity index (χ3v) is 4.19. The highest BCUT2D eigenvalue weighted by molar-refractivity contribution is 5.47. The summed E-state index contributed by atoms with van der Waals surface area (Å²) in [6.45, 7) is 5.43. The molecule has 3 N–H and O–H groups in total. The Balaban J connectivity index is 1.85. The lowest BCUT2D eigenvalue weighted by molar-refractivity contribution is 0.447. The van der Waals surface area contributed by atoms with Crippen molar-refractivity contribution in [3.63, 3.8) is 0 Å². The molecule has 1 aliphatic carbocycles. The van der Waals surface area contributed by atoms with E-state index in [4.69, 9.17) is 5.73 Å². The summed E-state index contributed by atoms with van der Waals surface area (Å²) < 4.78 is 0. The van der Waals surface area contributed by atoms with Gasteiger partial charge in [0, 0.05) is 18.3 Å². The molecule has 0 radical (unpaired) electrons. The van der Waals surface area contributed by atoms with Crippen molar-refractivity contribution in [2.24, 2.45) is 5.92 Å². The Morgan fingerprint density at radius 3 is 2.83 bits per heavy atom. The normalized spacial score (nSPS) is 24.8. The monoisotopic (exact) mass is 246 g/mol. The van der Waals surface area contributed by atoms with Crippen LogP contribution in [0.3, 0.4) is 0 Å². The van der Waals surface area contributed by atoms with Crippen LogP contribution in [0.1, 0.15) is 50.2 Å². The number of nitrogens with one attached hydrogen (secondary N) is 1. The van der Waals surface area contributed by atoms with E-state index in [-0.39, 0.29) is 0 Å². The molecule has 2 unspecified atom stereocenters. The minimum absolute atomic E-state index is 0.702. The number of aryl methyl sites for hydroxylation is 1. The van der Waals surface area contributed by atoms with E-state index >= 15 is 0 Å². The van der Waals surface area contributed by atoms with E-state index in [1.165, 1.54) is 43.2 Å². The third kappa shape index (κ3) is 3.74. The second-order valence-corrected chi connectivity index (χ2v) is 5.88. The molecule has 0 aliphatic heterocycles. The summed E-state index contributed by atoms with van der Waals surface area (Å²) in [5.41, 5.74) is 9.26. The van der Waals surface area contributed by atoms with Crippen molar-refractivity contribution in [1.82, 2.24) is 5.32 Å². The number of nitrogen functional groups attached to an aromatic ring is 1. The molecule has 2 nitrogen and oxygen atoms in total. The maximum Gasteiger partial charge on any atom is 0.0343 e. The van der Waals surface area contributed by atoms with Crippen LogP contribution in [0.2, 0.25) is 0 Å². The maximum absolute atomic E-state index is 5.84. The first kappa shape index (κ1) is 13.4. The smallest absolute Gasteiger partial charge is 0.0343 e. The molecule has 1 aromatic carbocycles. The van der Waals surface area contributed by atoms with Crippen LogP contribution < -0.4 is 11.1 Å². The summed E-state index contributed by atoms with van der Waals surface area (Å²) in [5, 5.41) is 3.70. The predicted molar refractivity (Wildman–Crippen MR) is 78.5 cm³/mol. The molecule has 0 saturated heterocycles. The number of hydrogen-bond acceptors (Lipinski definition) is 2. The Hall–Kier alpha value is -1.02. The fourth-order valence-electron chi connectivity index (χ4n) is 2.80. The number of nitrogens with two attached hydrogens (primary N) is 1. The van der Waals surface area contributed by atoms with Crippen LogP contribution >= 0.6 is 0 Å². The summed E-state index contributed by atoms with van der Waals surface area (Å²) in [4.78, 5) is 0. The molecule has 0 bridgehead atoms. The van der Waals surface area contributed by atoms with E-state index in [0.29, 0.717) is 6.04 Å². The zero-order valence-electron chi connectivity index (χ0n) is 11.7. The first-order valence-corrected chi connectivity index (χ1v) is 7.23. The van der Waals surface area contributed by atoms with Gasteiger partial charge in [0.1, 0.15) is 0 Å². The van der Waals surface area contributed by atoms with E-state index in [9.17, 15) is 0 Å². The SMILES string of the molecule is Cc1cc(CNC2CCCC(C)CC2)ccc1N. The van der Waals surface area contributed by atoms with Gasteiger partial charge in [-0.05, 0) is 49.3 Å². The van der Waals surface area contributed by atoms with Crippen LogP contribution in [-0.2, 0) is 6.54 Å². The van der Waals surface area contributed by atoms with Gasteiger partial charge in [0.2, 0.25) is 0 Å². The van der Waals surface area contributed by atoms with Gasteiger partial charge in [-0.1, -0.05) is 31.9 Å². The Bertz CT molecular complexity index is 387. The fourth-order valence-corrected chi connectivity index (χ4v) is 2.80. The fraction of sp³-hybridized carbons (Fsp3) is 0.625. The van der Waals surface area contributed by atoms with Gasteiger partial charge in [0.15, 0.2) is 0 Å². The first-order valence-electron chi connectivity index (χ1n) is 7.23. The summed E-state index contributed by atoms with van der Waals surface area (Å²) in [5.74, 6) is 0.913. The van der Waals surface area contributed by atoms with Crippen molar-refractivity contribution in [3.05, 3.63) is 29.3 Å². The Morgan fingerprint density at radius 2 is 2.06 bits per heavy atom. The van der Waals surface area contributed by atoms with Crippen LogP contribution in [0.15, 0.2) is 18.2 Å². The van der Waals surface area contributed by atoms with Gasteiger partial charge < -0.3 is 11.1 Å². The summed E-state index contributed by atoms with van der Waals surface area (Å²) in [6, 6.07) is 7.05. The van der Waals surface area contributed by atoms with Crippen LogP contribution in [0.5, 0.6) is 0 Å². The highest BCUT2D eigenvalue weighted by Crippen LogP contribution is 2.23. The molecule has 2 atom stereocenters. The number of benzene rings is 1. The van der Waals surface area contributed by atoms with Gasteiger partial charge in [-0.25, -0.2) is 0 Å². The molecule has 1 aromatic rings. The maximum atomic E-state index is 5.84. The molecule has 0 spiro atoms. The molecule has 2 rings (SSSR count). The molecule has 1 aliphatic rings. The highest BCUT2D eigenvalue weighted by Gasteiger charge is 2.15. The molecule has 2 heteroatoms. The van der Waals surface area contributed by atoms with Crippen molar-refractivity contribution in [2.75, 3.05) is 5.73 Å². The number of rotatable bonds is 3. The third-order valence-electron chi connectivity index (χ3n) is 4.19. The van der Waals surface area contributed by atoms with Crippen LogP contribution in [0, 0.1) is 12.8 Å². The molecule has 1 fully saturated rings. The molecule has 1 saturated carbocycles. The summed E-state index contributed by atoms with van der Waals surface area (Å²) in [7, 11) is 0. The van der Waals surface area contributed by atoms with E-state index in [0.717, 1.165) is 18.2 Å². The Kier molecular flexibility index (Phi) is 4.65. The Labute approximate surface area is 111 Å². The second-order valence-electron chi connectivity index (χ2n) is 5.88. The number of anilines is 1. The first-order chi connectivity index (χ1) is 8.65. The van der Waals surface area contributed by atoms with Crippen molar-refractivity contribution in [3.8, 4) is 0 Å². The number of hydrogen-bond donors (Lipinski definition) is 2. The van der Waals surface area contributed by atoms with Crippen molar-refractivity contribution in [1.29, 1.82) is 0 Å². The quantitative estimate of drug-likeness (QED) is 0.631. The lowest BCUT2D eigenvalue weighted by Crippen LogP contribution is -2.28. The van der Waals surface area contributed by atoms with Crippen LogP contribution in [-0.4, -0.2) is 6.04 Å². The van der Waals surface area contributed by atoms with E-state index in [2.05, 4.69) is 31.3 Å². The summed E-state index contributed by atoms with van der Waals surface area (Å²) >= 11 is 0. The largest absolute Gasteiger partial charge is 0.399 e. The van der Waals surface area contributed by atoms with E-state index in [1.807, 2.05) is 6.07 Å². The predicted octanol–water partition coefficient (Wildman–Crippen LogP) is 3.64. The highest BCUT2D eigenvalue weighted by atomic mass is 14.9. The molecular weight excluding hydrogens is 220 g/mol. The van der Waals surface area contributed by atoms with Gasteiger partial charge in [-0.2, -0.15) is 0 Å². The van der Waals surface area contributed by atoms with Gasteiger partial charge in [0.05, 0.1) is 0 Å². The van der Waals surface area contributed by atoms with Gasteiger partial charge in [-0.3, -0.25) is 0 Å². The zero-order valence-corrected chi connectivity index (χ0v) is 11.7. The molecule has 0 amide bonds. The molecule has 100 valence electrons. The topological polar surface area (TPSA) is 38.0 Å². The molecular formula is C16H26N2. The lowest BCUT2D eigenvalue weighted by Gasteiger charge is -2.16. The lowest BCUT2D eigenvalue weighted by atomic mass is 10.0. The van der Waals surface area contributed by atoms with Crippen LogP contribution in [0.25, 0.3) is 0 Å². The Morgan fingerprint density at radius 1 is 1.22 bits per heavy atom. The van der Waals surface area contributed by atoms with Gasteiger partial charge in [0.25, 0.3) is 0 Å². The van der Waals surface area contributed by atoms with Gasteiger partial charge >= 0.3 is 0 Å². The molecule has 0 heterocycles. The van der Waals surface area contributed by atoms with E-state index in [1.54, 1.807) is 0 Å². The second kappa shape index (κ2) is 6.24. The standard InChI is InChI=1S/C16H26N2/c1-12-4-3-5-15(8-6-12)18-11-14-7-9-16(17)13(2)10-14/h7,9-10,12,15,18H,3-6,8,11,17H2,1-2H3. The van der Waals surface area contributed by atoms with Crippen molar-refractivity contribution < 1.29 is 0 Å². The van der Waals surface area contributed by atoms with Crippen molar-refractivity contribution in [2.45, 2.75) is 58.5 Å². The molecule has 18 heavy (non-hydrogen) atoms. The minimum atomic E-state index is 0.702. The summed E-state index contributed by atoms with van der Waals surface area (Å²) in [6.07, 6.45) is 6.81. The van der Waals surface area contributed by atoms with Crippen LogP contribution in [0.4, 0.5) is 5.69 Å². The van der Waals surface area contributed by atoms with Crippen molar-refractivity contribution >= 4 is 5.69 Å². The average Bonchev–Trinajstić information content (AvgIpc) is 2.56. The average molecular weight is 246 g/mol. The van der Waals surface area contributed by atoms with Gasteiger partial charge in [-0.15, -0.1) is 0 Å².